The summed E-state index contributed by atoms with van der Waals surface area (Å²) < 4.78 is 0. The number of hydrogen-bond donors (Lipinski definition) is 2. The fourth-order valence-electron chi connectivity index (χ4n) is 0.929. The van der Waals surface area contributed by atoms with Gasteiger partial charge in [0.05, 0.1) is 0 Å². The van der Waals surface area contributed by atoms with Crippen molar-refractivity contribution in [3.8, 4) is 0 Å². The van der Waals surface area contributed by atoms with E-state index in [-0.39, 0.29) is 6.04 Å². The highest BCUT2D eigenvalue weighted by atomic mass is 14.7. The zero-order valence-corrected chi connectivity index (χ0v) is 6.46. The minimum Gasteiger partial charge on any atom is -0.367 e. The topological polar surface area (TPSA) is 41.8 Å². The minimum atomic E-state index is 0.172. The predicted molar refractivity (Wildman–Crippen MR) is 42.6 cm³/mol. The highest BCUT2D eigenvalue weighted by Crippen LogP contribution is 2.16. The van der Waals surface area contributed by atoms with Gasteiger partial charge in [-0.25, -0.2) is 0 Å². The summed E-state index contributed by atoms with van der Waals surface area (Å²) >= 11 is 0. The molecular weight excluding hydrogens is 124 g/mol. The normalized spacial score (nSPS) is 14.0. The molecule has 1 aromatic heterocycles. The van der Waals surface area contributed by atoms with Gasteiger partial charge in [-0.3, -0.25) is 0 Å². The van der Waals surface area contributed by atoms with Gasteiger partial charge < -0.3 is 10.7 Å². The fraction of sp³-hybridized carbons (Fsp3) is 0.500. The van der Waals surface area contributed by atoms with Crippen LogP contribution in [-0.4, -0.2) is 4.98 Å². The van der Waals surface area contributed by atoms with Crippen LogP contribution in [0, 0.1) is 5.92 Å². The smallest absolute Gasteiger partial charge is 0.0333 e. The molecule has 3 N–H and O–H groups in total. The van der Waals surface area contributed by atoms with Crippen molar-refractivity contribution >= 4 is 0 Å². The van der Waals surface area contributed by atoms with Crippen molar-refractivity contribution in [3.05, 3.63) is 24.0 Å². The lowest BCUT2D eigenvalue weighted by Crippen LogP contribution is -2.15. The van der Waals surface area contributed by atoms with Crippen LogP contribution < -0.4 is 5.73 Å². The van der Waals surface area contributed by atoms with Gasteiger partial charge in [-0.05, 0) is 17.5 Å². The second-order valence-corrected chi connectivity index (χ2v) is 2.91. The summed E-state index contributed by atoms with van der Waals surface area (Å²) in [6, 6.07) is 2.19. The van der Waals surface area contributed by atoms with Gasteiger partial charge in [-0.1, -0.05) is 13.8 Å². The first-order valence-electron chi connectivity index (χ1n) is 3.60. The monoisotopic (exact) mass is 138 g/mol. The van der Waals surface area contributed by atoms with E-state index in [0.717, 1.165) is 0 Å². The molecule has 0 saturated heterocycles. The van der Waals surface area contributed by atoms with Gasteiger partial charge in [0.15, 0.2) is 0 Å². The molecule has 1 aromatic rings. The third-order valence-corrected chi connectivity index (χ3v) is 1.73. The van der Waals surface area contributed by atoms with E-state index >= 15 is 0 Å². The molecule has 0 saturated carbocycles. The number of aromatic amines is 1. The van der Waals surface area contributed by atoms with Crippen molar-refractivity contribution < 1.29 is 0 Å². The molecule has 1 rings (SSSR count). The Balaban J connectivity index is 2.68. The molecule has 0 aliphatic heterocycles. The maximum Gasteiger partial charge on any atom is 0.0333 e. The number of H-pyrrole nitrogens is 1. The van der Waals surface area contributed by atoms with Gasteiger partial charge in [-0.15, -0.1) is 0 Å². The van der Waals surface area contributed by atoms with E-state index in [0.29, 0.717) is 5.92 Å². The predicted octanol–water partition coefficient (Wildman–Crippen LogP) is 1.67. The van der Waals surface area contributed by atoms with Crippen LogP contribution in [0.2, 0.25) is 0 Å². The first-order chi connectivity index (χ1) is 4.72. The minimum absolute atomic E-state index is 0.172. The Morgan fingerprint density at radius 1 is 1.50 bits per heavy atom. The van der Waals surface area contributed by atoms with Crippen LogP contribution in [0.1, 0.15) is 25.5 Å². The molecule has 0 bridgehead atoms. The van der Waals surface area contributed by atoms with Gasteiger partial charge in [-0.2, -0.15) is 0 Å². The van der Waals surface area contributed by atoms with Crippen molar-refractivity contribution in [2.24, 2.45) is 11.7 Å². The van der Waals surface area contributed by atoms with Crippen molar-refractivity contribution in [1.29, 1.82) is 0 Å². The van der Waals surface area contributed by atoms with Gasteiger partial charge >= 0.3 is 0 Å². The Bertz CT molecular complexity index is 177. The number of nitrogens with one attached hydrogen (secondary N) is 1. The SMILES string of the molecule is CC(C)C(N)c1cc[nH]c1. The van der Waals surface area contributed by atoms with E-state index in [9.17, 15) is 0 Å². The molecule has 0 amide bonds. The van der Waals surface area contributed by atoms with Gasteiger partial charge in [0, 0.05) is 18.4 Å². The molecular formula is C8H14N2. The van der Waals surface area contributed by atoms with Crippen LogP contribution >= 0.6 is 0 Å². The number of rotatable bonds is 2. The fourth-order valence-corrected chi connectivity index (χ4v) is 0.929. The van der Waals surface area contributed by atoms with Crippen LogP contribution in [0.4, 0.5) is 0 Å². The van der Waals surface area contributed by atoms with Crippen LogP contribution in [0.3, 0.4) is 0 Å². The second-order valence-electron chi connectivity index (χ2n) is 2.91. The zero-order valence-electron chi connectivity index (χ0n) is 6.46. The molecule has 1 heterocycles. The van der Waals surface area contributed by atoms with Gasteiger partial charge in [0.1, 0.15) is 0 Å². The first-order valence-corrected chi connectivity index (χ1v) is 3.60. The Kier molecular flexibility index (Phi) is 2.12. The van der Waals surface area contributed by atoms with Crippen LogP contribution in [0.15, 0.2) is 18.5 Å². The summed E-state index contributed by atoms with van der Waals surface area (Å²) in [6.45, 7) is 4.25. The third kappa shape index (κ3) is 1.39. The highest BCUT2D eigenvalue weighted by Gasteiger charge is 2.09. The van der Waals surface area contributed by atoms with Crippen molar-refractivity contribution in [3.63, 3.8) is 0 Å². The lowest BCUT2D eigenvalue weighted by atomic mass is 10.00. The number of nitrogens with two attached hydrogens (primary N) is 1. The molecule has 0 fully saturated rings. The Hall–Kier alpha value is -0.760. The third-order valence-electron chi connectivity index (χ3n) is 1.73. The Labute approximate surface area is 61.4 Å². The summed E-state index contributed by atoms with van der Waals surface area (Å²) in [4.78, 5) is 2.99. The van der Waals surface area contributed by atoms with Gasteiger partial charge in [0.25, 0.3) is 0 Å². The van der Waals surface area contributed by atoms with Crippen LogP contribution in [0.25, 0.3) is 0 Å². The quantitative estimate of drug-likeness (QED) is 0.641. The lowest BCUT2D eigenvalue weighted by Gasteiger charge is -2.12. The van der Waals surface area contributed by atoms with E-state index in [4.69, 9.17) is 5.73 Å². The standard InChI is InChI=1S/C8H14N2/c1-6(2)8(9)7-3-4-10-5-7/h3-6,8,10H,9H2,1-2H3. The van der Waals surface area contributed by atoms with E-state index in [1.807, 2.05) is 18.5 Å². The Morgan fingerprint density at radius 3 is 2.60 bits per heavy atom. The molecule has 0 aliphatic carbocycles. The van der Waals surface area contributed by atoms with E-state index in [2.05, 4.69) is 18.8 Å². The maximum absolute atomic E-state index is 5.86. The average molecular weight is 138 g/mol. The van der Waals surface area contributed by atoms with E-state index in [1.54, 1.807) is 0 Å². The van der Waals surface area contributed by atoms with Crippen molar-refractivity contribution in [1.82, 2.24) is 4.98 Å². The van der Waals surface area contributed by atoms with Crippen molar-refractivity contribution in [2.75, 3.05) is 0 Å². The van der Waals surface area contributed by atoms with Crippen LogP contribution in [-0.2, 0) is 0 Å². The average Bonchev–Trinajstić information content (AvgIpc) is 2.36. The number of aromatic nitrogens is 1. The zero-order chi connectivity index (χ0) is 7.56. The Morgan fingerprint density at radius 2 is 2.20 bits per heavy atom. The summed E-state index contributed by atoms with van der Waals surface area (Å²) in [7, 11) is 0. The summed E-state index contributed by atoms with van der Waals surface area (Å²) in [5, 5.41) is 0. The maximum atomic E-state index is 5.86. The molecule has 0 aromatic carbocycles. The molecule has 0 aliphatic rings. The number of hydrogen-bond acceptors (Lipinski definition) is 1. The molecule has 2 heteroatoms. The van der Waals surface area contributed by atoms with E-state index < -0.39 is 0 Å². The molecule has 10 heavy (non-hydrogen) atoms. The van der Waals surface area contributed by atoms with Gasteiger partial charge in [0.2, 0.25) is 0 Å². The molecule has 0 radical (unpaired) electrons. The second kappa shape index (κ2) is 2.88. The summed E-state index contributed by atoms with van der Waals surface area (Å²) in [5.41, 5.74) is 7.05. The molecule has 56 valence electrons. The highest BCUT2D eigenvalue weighted by molar-refractivity contribution is 5.13. The summed E-state index contributed by atoms with van der Waals surface area (Å²) in [6.07, 6.45) is 3.85. The van der Waals surface area contributed by atoms with Crippen molar-refractivity contribution in [2.45, 2.75) is 19.9 Å². The lowest BCUT2D eigenvalue weighted by molar-refractivity contribution is 0.515. The molecule has 0 spiro atoms. The van der Waals surface area contributed by atoms with Crippen LogP contribution in [0.5, 0.6) is 0 Å². The summed E-state index contributed by atoms with van der Waals surface area (Å²) in [5.74, 6) is 0.510. The largest absolute Gasteiger partial charge is 0.367 e. The molecule has 1 unspecified atom stereocenters. The molecule has 1 atom stereocenters. The molecule has 2 nitrogen and oxygen atoms in total. The first kappa shape index (κ1) is 7.35. The van der Waals surface area contributed by atoms with E-state index in [1.165, 1.54) is 5.56 Å².